The van der Waals surface area contributed by atoms with Crippen molar-refractivity contribution in [1.82, 2.24) is 5.32 Å². The Balaban J connectivity index is 2.02. The van der Waals surface area contributed by atoms with E-state index in [2.05, 4.69) is 15.6 Å². The fourth-order valence-corrected chi connectivity index (χ4v) is 2.85. The number of carbonyl (C=O) groups is 2. The van der Waals surface area contributed by atoms with Crippen LogP contribution in [0.15, 0.2) is 65.7 Å². The first kappa shape index (κ1) is 19.5. The molecule has 0 aromatic heterocycles. The third-order valence-electron chi connectivity index (χ3n) is 3.92. The molecule has 1 heterocycles. The van der Waals surface area contributed by atoms with Crippen LogP contribution in [0.25, 0.3) is 0 Å². The van der Waals surface area contributed by atoms with Gasteiger partial charge >= 0.3 is 18.0 Å². The maximum atomic E-state index is 12.7. The van der Waals surface area contributed by atoms with Crippen LogP contribution in [0.3, 0.4) is 0 Å². The number of aliphatic imine (C=N–C) groups is 1. The summed E-state index contributed by atoms with van der Waals surface area (Å²) in [5.41, 5.74) is 1.12. The van der Waals surface area contributed by atoms with Crippen LogP contribution in [-0.2, 0) is 9.47 Å². The molecule has 0 saturated carbocycles. The van der Waals surface area contributed by atoms with Gasteiger partial charge in [0.2, 0.25) is 5.84 Å². The van der Waals surface area contributed by atoms with Gasteiger partial charge in [-0.1, -0.05) is 36.4 Å². The summed E-state index contributed by atoms with van der Waals surface area (Å²) in [6.07, 6.45) is 0. The summed E-state index contributed by atoms with van der Waals surface area (Å²) < 4.78 is 11.4. The maximum Gasteiger partial charge on any atom is 0.347 e. The topological polar surface area (TPSA) is 92.3 Å². The summed E-state index contributed by atoms with van der Waals surface area (Å²) in [5, 5.41) is 5.34. The van der Waals surface area contributed by atoms with Gasteiger partial charge in [0.25, 0.3) is 0 Å². The van der Waals surface area contributed by atoms with E-state index in [1.807, 2.05) is 12.1 Å². The molecule has 0 atom stereocenters. The molecule has 1 aliphatic rings. The molecule has 8 heteroatoms. The van der Waals surface area contributed by atoms with Crippen LogP contribution in [-0.4, -0.2) is 37.0 Å². The molecule has 2 aromatic carbocycles. The molecule has 0 radical (unpaired) electrons. The first-order valence-electron chi connectivity index (χ1n) is 9.00. The van der Waals surface area contributed by atoms with E-state index in [9.17, 15) is 9.59 Å². The number of nitrogens with one attached hydrogen (secondary N) is 2. The molecule has 0 unspecified atom stereocenters. The summed E-state index contributed by atoms with van der Waals surface area (Å²) >= 11 is 0. The SMILES string of the molecule is CCOC1(OCC)NC(=O)N(c2ccccc2)C1=NC(=O)Nc1ccccc1. The Morgan fingerprint density at radius 2 is 1.61 bits per heavy atom. The molecule has 28 heavy (non-hydrogen) atoms. The highest BCUT2D eigenvalue weighted by Crippen LogP contribution is 2.28. The second-order valence-corrected chi connectivity index (χ2v) is 5.82. The molecule has 1 aliphatic heterocycles. The number of nitrogens with zero attached hydrogens (tertiary/aromatic N) is 2. The van der Waals surface area contributed by atoms with Gasteiger partial charge in [-0.05, 0) is 38.1 Å². The van der Waals surface area contributed by atoms with Gasteiger partial charge in [-0.15, -0.1) is 0 Å². The van der Waals surface area contributed by atoms with E-state index in [0.717, 1.165) is 0 Å². The number of para-hydroxylation sites is 2. The predicted octanol–water partition coefficient (Wildman–Crippen LogP) is 3.57. The summed E-state index contributed by atoms with van der Waals surface area (Å²) in [4.78, 5) is 30.7. The highest BCUT2D eigenvalue weighted by atomic mass is 16.7. The summed E-state index contributed by atoms with van der Waals surface area (Å²) in [6, 6.07) is 16.6. The lowest BCUT2D eigenvalue weighted by molar-refractivity contribution is -0.191. The number of carbonyl (C=O) groups excluding carboxylic acids is 2. The highest BCUT2D eigenvalue weighted by Gasteiger charge is 2.53. The minimum absolute atomic E-state index is 0.0147. The Labute approximate surface area is 163 Å². The fraction of sp³-hybridized carbons (Fsp3) is 0.250. The van der Waals surface area contributed by atoms with Crippen LogP contribution < -0.4 is 15.5 Å². The van der Waals surface area contributed by atoms with Gasteiger partial charge in [0.15, 0.2) is 0 Å². The van der Waals surface area contributed by atoms with Crippen LogP contribution in [0, 0.1) is 0 Å². The predicted molar refractivity (Wildman–Crippen MR) is 106 cm³/mol. The van der Waals surface area contributed by atoms with Gasteiger partial charge in [0, 0.05) is 18.9 Å². The molecule has 4 amide bonds. The van der Waals surface area contributed by atoms with Gasteiger partial charge in [0.1, 0.15) is 0 Å². The molecule has 3 rings (SSSR count). The zero-order valence-corrected chi connectivity index (χ0v) is 15.7. The number of hydrogen-bond acceptors (Lipinski definition) is 4. The third kappa shape index (κ3) is 4.03. The van der Waals surface area contributed by atoms with Crippen LogP contribution in [0.2, 0.25) is 0 Å². The van der Waals surface area contributed by atoms with E-state index in [4.69, 9.17) is 9.47 Å². The largest absolute Gasteiger partial charge is 0.347 e. The maximum absolute atomic E-state index is 12.7. The molecule has 0 aliphatic carbocycles. The van der Waals surface area contributed by atoms with Crippen molar-refractivity contribution in [3.63, 3.8) is 0 Å². The summed E-state index contributed by atoms with van der Waals surface area (Å²) in [5.74, 6) is -1.63. The zero-order valence-electron chi connectivity index (χ0n) is 15.7. The van der Waals surface area contributed by atoms with Crippen molar-refractivity contribution in [1.29, 1.82) is 0 Å². The fourth-order valence-electron chi connectivity index (χ4n) is 2.85. The van der Waals surface area contributed by atoms with Crippen LogP contribution >= 0.6 is 0 Å². The Kier molecular flexibility index (Phi) is 6.03. The number of hydrogen-bond donors (Lipinski definition) is 2. The van der Waals surface area contributed by atoms with Crippen molar-refractivity contribution in [2.45, 2.75) is 19.8 Å². The standard InChI is InChI=1S/C20H22N4O4/c1-3-27-20(28-4-2)17(22-18(25)21-15-11-7-5-8-12-15)24(19(26)23-20)16-13-9-6-10-14-16/h5-14H,3-4H2,1-2H3,(H,21,25)(H,23,26). The molecule has 0 bridgehead atoms. The molecule has 146 valence electrons. The molecule has 0 spiro atoms. The first-order valence-corrected chi connectivity index (χ1v) is 9.00. The van der Waals surface area contributed by atoms with Gasteiger partial charge in [0.05, 0.1) is 5.69 Å². The van der Waals surface area contributed by atoms with Gasteiger partial charge in [-0.3, -0.25) is 5.32 Å². The van der Waals surface area contributed by atoms with E-state index in [1.54, 1.807) is 62.4 Å². The van der Waals surface area contributed by atoms with E-state index in [1.165, 1.54) is 4.90 Å². The number of urea groups is 2. The summed E-state index contributed by atoms with van der Waals surface area (Å²) in [6.45, 7) is 4.00. The molecular weight excluding hydrogens is 360 g/mol. The Hall–Kier alpha value is -3.23. The first-order chi connectivity index (χ1) is 13.6. The van der Waals surface area contributed by atoms with Crippen molar-refractivity contribution >= 4 is 29.3 Å². The minimum atomic E-state index is -1.65. The average molecular weight is 382 g/mol. The smallest absolute Gasteiger partial charge is 0.327 e. The second-order valence-electron chi connectivity index (χ2n) is 5.82. The highest BCUT2D eigenvalue weighted by molar-refractivity contribution is 6.26. The molecule has 8 nitrogen and oxygen atoms in total. The van der Waals surface area contributed by atoms with Crippen LogP contribution in [0.1, 0.15) is 13.8 Å². The van der Waals surface area contributed by atoms with Crippen molar-refractivity contribution in [3.8, 4) is 0 Å². The monoisotopic (exact) mass is 382 g/mol. The lowest BCUT2D eigenvalue weighted by atomic mass is 10.3. The quantitative estimate of drug-likeness (QED) is 0.747. The van der Waals surface area contributed by atoms with Crippen LogP contribution in [0.5, 0.6) is 0 Å². The molecule has 1 fully saturated rings. The Morgan fingerprint density at radius 3 is 2.18 bits per heavy atom. The van der Waals surface area contributed by atoms with Crippen LogP contribution in [0.4, 0.5) is 21.0 Å². The normalized spacial score (nSPS) is 16.9. The average Bonchev–Trinajstić information content (AvgIpc) is 2.95. The Morgan fingerprint density at radius 1 is 1.04 bits per heavy atom. The van der Waals surface area contributed by atoms with Gasteiger partial charge in [-0.25, -0.2) is 14.5 Å². The minimum Gasteiger partial charge on any atom is -0.327 e. The van der Waals surface area contributed by atoms with Crippen molar-refractivity contribution in [3.05, 3.63) is 60.7 Å². The molecule has 2 N–H and O–H groups in total. The second kappa shape index (κ2) is 8.64. The van der Waals surface area contributed by atoms with Gasteiger partial charge < -0.3 is 14.8 Å². The van der Waals surface area contributed by atoms with E-state index in [0.29, 0.717) is 11.4 Å². The third-order valence-corrected chi connectivity index (χ3v) is 3.92. The van der Waals surface area contributed by atoms with Crippen molar-refractivity contribution < 1.29 is 19.1 Å². The lowest BCUT2D eigenvalue weighted by Crippen LogP contribution is -2.52. The van der Waals surface area contributed by atoms with E-state index in [-0.39, 0.29) is 19.0 Å². The molecular formula is C20H22N4O4. The van der Waals surface area contributed by atoms with Crippen molar-refractivity contribution in [2.75, 3.05) is 23.4 Å². The van der Waals surface area contributed by atoms with Gasteiger partial charge in [-0.2, -0.15) is 4.99 Å². The summed E-state index contributed by atoms with van der Waals surface area (Å²) in [7, 11) is 0. The number of anilines is 2. The van der Waals surface area contributed by atoms with E-state index >= 15 is 0 Å². The number of amidine groups is 1. The number of amides is 4. The lowest BCUT2D eigenvalue weighted by Gasteiger charge is -2.28. The number of ether oxygens (including phenoxy) is 2. The molecule has 1 saturated heterocycles. The number of rotatable bonds is 6. The van der Waals surface area contributed by atoms with Crippen molar-refractivity contribution in [2.24, 2.45) is 4.99 Å². The molecule has 2 aromatic rings. The zero-order chi connectivity index (χ0) is 20.0. The Bertz CT molecular complexity index is 849. The number of benzene rings is 2. The van der Waals surface area contributed by atoms with E-state index < -0.39 is 18.0 Å².